The van der Waals surface area contributed by atoms with Crippen molar-refractivity contribution in [2.45, 2.75) is 97.5 Å². The Morgan fingerprint density at radius 1 is 0.783 bits per heavy atom. The van der Waals surface area contributed by atoms with Crippen molar-refractivity contribution in [3.05, 3.63) is 137 Å². The molecule has 2 nitrogen and oxygen atoms in total. The molecule has 0 aromatic heterocycles. The topological polar surface area (TPSA) is 33.0 Å². The van der Waals surface area contributed by atoms with Crippen LogP contribution in [0.5, 0.6) is 0 Å². The largest absolute Gasteiger partial charge is 0.400 e. The second kappa shape index (κ2) is 13.6. The van der Waals surface area contributed by atoms with Gasteiger partial charge >= 0.3 is 0 Å². The Bertz CT molecular complexity index is 1670. The van der Waals surface area contributed by atoms with Crippen LogP contribution in [0, 0.1) is 16.7 Å². The molecular weight excluding hydrogens is 575 g/mol. The lowest BCUT2D eigenvalue weighted by molar-refractivity contribution is 0.0896. The normalized spacial score (nSPS) is 17.2. The van der Waals surface area contributed by atoms with Crippen LogP contribution in [0.25, 0.3) is 5.57 Å². The highest BCUT2D eigenvalue weighted by molar-refractivity contribution is 6.80. The summed E-state index contributed by atoms with van der Waals surface area (Å²) in [7, 11) is -1.51. The summed E-state index contributed by atoms with van der Waals surface area (Å²) >= 11 is 0. The Morgan fingerprint density at radius 2 is 1.35 bits per heavy atom. The molecule has 3 heteroatoms. The molecule has 0 spiro atoms. The number of allylic oxidation sites excluding steroid dienone is 2. The van der Waals surface area contributed by atoms with Gasteiger partial charge in [0.25, 0.3) is 9.04 Å². The standard InChI is InChI=1S/C43H50NOSi/c1-31(32-24-25-38-39(29-32)43(7,8)27-26-42(38,5)6)22-23-35(30-44)33-16-15-17-34(28-33)40(41(2,3)4)45-46(36-18-11-9-12-19-36)37-20-13-10-14-21-37/h9-22,24-25,28-29,35,40H,23,26-27H2,1-8H3. The van der Waals surface area contributed by atoms with Crippen molar-refractivity contribution >= 4 is 25.0 Å². The van der Waals surface area contributed by atoms with Gasteiger partial charge in [-0.05, 0) is 86.2 Å². The van der Waals surface area contributed by atoms with E-state index < -0.39 is 9.04 Å². The summed E-state index contributed by atoms with van der Waals surface area (Å²) in [5.74, 6) is -0.239. The lowest BCUT2D eigenvalue weighted by Crippen LogP contribution is -2.47. The molecule has 46 heavy (non-hydrogen) atoms. The van der Waals surface area contributed by atoms with Gasteiger partial charge in [-0.25, -0.2) is 0 Å². The molecule has 0 heterocycles. The van der Waals surface area contributed by atoms with Gasteiger partial charge in [0.2, 0.25) is 0 Å². The Labute approximate surface area is 279 Å². The van der Waals surface area contributed by atoms with E-state index in [1.165, 1.54) is 45.5 Å². The molecule has 2 atom stereocenters. The van der Waals surface area contributed by atoms with Crippen molar-refractivity contribution in [2.75, 3.05) is 0 Å². The fourth-order valence-corrected chi connectivity index (χ4v) is 9.11. The summed E-state index contributed by atoms with van der Waals surface area (Å²) in [5, 5.41) is 12.8. The highest BCUT2D eigenvalue weighted by Gasteiger charge is 2.37. The van der Waals surface area contributed by atoms with Crippen molar-refractivity contribution in [2.24, 2.45) is 5.41 Å². The highest BCUT2D eigenvalue weighted by Crippen LogP contribution is 2.46. The summed E-state index contributed by atoms with van der Waals surface area (Å²) in [4.78, 5) is 0. The molecule has 1 aliphatic rings. The molecule has 5 rings (SSSR count). The molecule has 2 unspecified atom stereocenters. The molecule has 0 aliphatic heterocycles. The number of nitrogens with zero attached hydrogens (tertiary/aromatic N) is 1. The fraction of sp³-hybridized carbons (Fsp3) is 0.372. The van der Waals surface area contributed by atoms with Crippen LogP contribution in [0.3, 0.4) is 0 Å². The molecule has 0 bridgehead atoms. The molecule has 0 saturated carbocycles. The van der Waals surface area contributed by atoms with E-state index in [9.17, 15) is 5.26 Å². The maximum atomic E-state index is 10.4. The lowest BCUT2D eigenvalue weighted by atomic mass is 9.63. The predicted octanol–water partition coefficient (Wildman–Crippen LogP) is 10.0. The van der Waals surface area contributed by atoms with Crippen molar-refractivity contribution in [3.8, 4) is 6.07 Å². The van der Waals surface area contributed by atoms with Gasteiger partial charge in [-0.3, -0.25) is 0 Å². The third-order valence-electron chi connectivity index (χ3n) is 9.83. The van der Waals surface area contributed by atoms with Crippen LogP contribution >= 0.6 is 0 Å². The lowest BCUT2D eigenvalue weighted by Gasteiger charge is -2.42. The van der Waals surface area contributed by atoms with Gasteiger partial charge < -0.3 is 4.43 Å². The molecule has 237 valence electrons. The zero-order valence-corrected chi connectivity index (χ0v) is 30.0. The highest BCUT2D eigenvalue weighted by atomic mass is 28.3. The van der Waals surface area contributed by atoms with Crippen LogP contribution in [0.2, 0.25) is 0 Å². The first-order chi connectivity index (χ1) is 21.8. The maximum absolute atomic E-state index is 10.4. The molecule has 4 aromatic rings. The number of nitriles is 1. The number of hydrogen-bond acceptors (Lipinski definition) is 2. The summed E-state index contributed by atoms with van der Waals surface area (Å²) in [6.07, 6.45) is 5.20. The van der Waals surface area contributed by atoms with E-state index in [0.717, 1.165) is 11.1 Å². The van der Waals surface area contributed by atoms with Crippen LogP contribution in [-0.4, -0.2) is 9.04 Å². The van der Waals surface area contributed by atoms with Gasteiger partial charge in [0.1, 0.15) is 0 Å². The van der Waals surface area contributed by atoms with Crippen LogP contribution < -0.4 is 10.4 Å². The van der Waals surface area contributed by atoms with Crippen LogP contribution in [0.1, 0.15) is 114 Å². The van der Waals surface area contributed by atoms with E-state index in [4.69, 9.17) is 4.43 Å². The summed E-state index contributed by atoms with van der Waals surface area (Å²) in [6, 6.07) is 39.5. The molecule has 0 amide bonds. The Balaban J connectivity index is 1.42. The van der Waals surface area contributed by atoms with E-state index >= 15 is 0 Å². The van der Waals surface area contributed by atoms with Crippen LogP contribution in [0.4, 0.5) is 0 Å². The van der Waals surface area contributed by atoms with Crippen molar-refractivity contribution in [1.29, 1.82) is 5.26 Å². The Morgan fingerprint density at radius 3 is 1.91 bits per heavy atom. The molecule has 0 N–H and O–H groups in total. The molecular formula is C43H50NOSi. The van der Waals surface area contributed by atoms with Gasteiger partial charge in [0.15, 0.2) is 0 Å². The summed E-state index contributed by atoms with van der Waals surface area (Å²) < 4.78 is 7.18. The first-order valence-electron chi connectivity index (χ1n) is 16.8. The minimum absolute atomic E-state index is 0.138. The molecule has 0 fully saturated rings. The van der Waals surface area contributed by atoms with E-state index in [0.29, 0.717) is 6.42 Å². The van der Waals surface area contributed by atoms with Crippen molar-refractivity contribution < 1.29 is 4.43 Å². The first kappa shape index (κ1) is 33.6. The average molecular weight is 625 g/mol. The molecule has 0 saturated heterocycles. The monoisotopic (exact) mass is 624 g/mol. The van der Waals surface area contributed by atoms with Crippen molar-refractivity contribution in [1.82, 2.24) is 0 Å². The number of hydrogen-bond donors (Lipinski definition) is 0. The van der Waals surface area contributed by atoms with Gasteiger partial charge in [-0.1, -0.05) is 158 Å². The number of benzene rings is 4. The Hall–Kier alpha value is -3.71. The van der Waals surface area contributed by atoms with E-state index in [1.54, 1.807) is 0 Å². The average Bonchev–Trinajstić information content (AvgIpc) is 3.04. The SMILES string of the molecule is CC(=CCC(C#N)c1cccc(C(O[Si](c2ccccc2)c2ccccc2)C(C)(C)C)c1)c1ccc2c(c1)C(C)(C)CCC2(C)C. The van der Waals surface area contributed by atoms with Gasteiger partial charge in [0, 0.05) is 0 Å². The number of fused-ring (bicyclic) bond motifs is 1. The summed E-state index contributed by atoms with van der Waals surface area (Å²) in [6.45, 7) is 18.4. The molecule has 4 aromatic carbocycles. The fourth-order valence-electron chi connectivity index (χ4n) is 6.79. The van der Waals surface area contributed by atoms with E-state index in [1.807, 2.05) is 0 Å². The first-order valence-corrected chi connectivity index (χ1v) is 18.2. The maximum Gasteiger partial charge on any atom is 0.283 e. The zero-order valence-electron chi connectivity index (χ0n) is 29.0. The molecule has 1 aliphatic carbocycles. The molecule has 1 radical (unpaired) electrons. The third kappa shape index (κ3) is 7.46. The third-order valence-corrected chi connectivity index (χ3v) is 12.0. The quantitative estimate of drug-likeness (QED) is 0.174. The van der Waals surface area contributed by atoms with Gasteiger partial charge in [-0.15, -0.1) is 0 Å². The number of rotatable bonds is 9. The predicted molar refractivity (Wildman–Crippen MR) is 196 cm³/mol. The summed E-state index contributed by atoms with van der Waals surface area (Å²) in [5.41, 5.74) is 7.83. The van der Waals surface area contributed by atoms with Gasteiger partial charge in [-0.2, -0.15) is 5.26 Å². The second-order valence-electron chi connectivity index (χ2n) is 15.4. The smallest absolute Gasteiger partial charge is 0.283 e. The van der Waals surface area contributed by atoms with Crippen LogP contribution in [-0.2, 0) is 15.3 Å². The van der Waals surface area contributed by atoms with Crippen LogP contribution in [0.15, 0.2) is 109 Å². The zero-order chi connectivity index (χ0) is 33.1. The van der Waals surface area contributed by atoms with E-state index in [2.05, 4.69) is 171 Å². The minimum Gasteiger partial charge on any atom is -0.400 e. The second-order valence-corrected chi connectivity index (χ2v) is 17.5. The van der Waals surface area contributed by atoms with Gasteiger partial charge in [0.05, 0.1) is 18.1 Å². The van der Waals surface area contributed by atoms with Crippen molar-refractivity contribution in [3.63, 3.8) is 0 Å². The minimum atomic E-state index is -1.51. The Kier molecular flexibility index (Phi) is 9.92. The van der Waals surface area contributed by atoms with E-state index in [-0.39, 0.29) is 28.3 Å².